The lowest BCUT2D eigenvalue weighted by atomic mass is 10.2. The zero-order chi connectivity index (χ0) is 18.1. The van der Waals surface area contributed by atoms with E-state index < -0.39 is 6.04 Å². The van der Waals surface area contributed by atoms with Gasteiger partial charge in [-0.15, -0.1) is 5.10 Å². The Hall–Kier alpha value is -3.42. The Kier molecular flexibility index (Phi) is 4.00. The second-order valence-corrected chi connectivity index (χ2v) is 5.84. The maximum Gasteiger partial charge on any atom is 0.278 e. The van der Waals surface area contributed by atoms with Crippen LogP contribution >= 0.6 is 0 Å². The van der Waals surface area contributed by atoms with E-state index in [-0.39, 0.29) is 18.3 Å². The van der Waals surface area contributed by atoms with E-state index in [2.05, 4.69) is 15.6 Å². The SMILES string of the molecule is CC[C@H](C(=O)Nc1ccc2c(c1)OCO2)n1nnc2ccccc2c1=O. The average Bonchev–Trinajstić information content (AvgIpc) is 3.12. The van der Waals surface area contributed by atoms with Crippen molar-refractivity contribution in [1.29, 1.82) is 0 Å². The highest BCUT2D eigenvalue weighted by atomic mass is 16.7. The Balaban J connectivity index is 1.64. The summed E-state index contributed by atoms with van der Waals surface area (Å²) in [6, 6.07) is 11.3. The Morgan fingerprint density at radius 1 is 1.23 bits per heavy atom. The largest absolute Gasteiger partial charge is 0.454 e. The summed E-state index contributed by atoms with van der Waals surface area (Å²) in [5.74, 6) is 0.850. The van der Waals surface area contributed by atoms with Gasteiger partial charge in [-0.3, -0.25) is 9.59 Å². The smallest absolute Gasteiger partial charge is 0.278 e. The van der Waals surface area contributed by atoms with E-state index in [0.29, 0.717) is 34.5 Å². The molecule has 3 aromatic rings. The van der Waals surface area contributed by atoms with Crippen LogP contribution in [-0.2, 0) is 4.79 Å². The Labute approximate surface area is 148 Å². The van der Waals surface area contributed by atoms with Crippen molar-refractivity contribution in [2.75, 3.05) is 12.1 Å². The van der Waals surface area contributed by atoms with E-state index >= 15 is 0 Å². The predicted molar refractivity (Wildman–Crippen MR) is 94.3 cm³/mol. The minimum atomic E-state index is -0.773. The number of hydrogen-bond acceptors (Lipinski definition) is 6. The first-order chi connectivity index (χ1) is 12.7. The Morgan fingerprint density at radius 3 is 2.88 bits per heavy atom. The molecule has 0 aliphatic carbocycles. The molecular formula is C18H16N4O4. The van der Waals surface area contributed by atoms with Gasteiger partial charge in [0, 0.05) is 11.8 Å². The van der Waals surface area contributed by atoms with Crippen molar-refractivity contribution in [2.45, 2.75) is 19.4 Å². The maximum absolute atomic E-state index is 12.7. The highest BCUT2D eigenvalue weighted by molar-refractivity contribution is 5.94. The molecule has 4 rings (SSSR count). The second-order valence-electron chi connectivity index (χ2n) is 5.84. The van der Waals surface area contributed by atoms with Gasteiger partial charge in [0.1, 0.15) is 11.6 Å². The van der Waals surface area contributed by atoms with E-state index in [1.807, 2.05) is 6.92 Å². The number of hydrogen-bond donors (Lipinski definition) is 1. The summed E-state index contributed by atoms with van der Waals surface area (Å²) in [6.07, 6.45) is 0.392. The van der Waals surface area contributed by atoms with Gasteiger partial charge >= 0.3 is 0 Å². The first-order valence-corrected chi connectivity index (χ1v) is 8.22. The van der Waals surface area contributed by atoms with Crippen molar-refractivity contribution in [3.8, 4) is 11.5 Å². The highest BCUT2D eigenvalue weighted by Crippen LogP contribution is 2.34. The Bertz CT molecular complexity index is 1050. The fraction of sp³-hybridized carbons (Fsp3) is 0.222. The van der Waals surface area contributed by atoms with Gasteiger partial charge in [-0.25, -0.2) is 0 Å². The van der Waals surface area contributed by atoms with Crippen LogP contribution in [0.15, 0.2) is 47.3 Å². The molecular weight excluding hydrogens is 336 g/mol. The van der Waals surface area contributed by atoms with Gasteiger partial charge < -0.3 is 14.8 Å². The van der Waals surface area contributed by atoms with Crippen molar-refractivity contribution < 1.29 is 14.3 Å². The molecule has 1 aliphatic rings. The van der Waals surface area contributed by atoms with Gasteiger partial charge in [0.25, 0.3) is 5.56 Å². The van der Waals surface area contributed by atoms with Gasteiger partial charge in [-0.05, 0) is 30.7 Å². The molecule has 0 bridgehead atoms. The van der Waals surface area contributed by atoms with Crippen molar-refractivity contribution in [2.24, 2.45) is 0 Å². The summed E-state index contributed by atoms with van der Waals surface area (Å²) in [5, 5.41) is 11.2. The van der Waals surface area contributed by atoms with Crippen molar-refractivity contribution in [3.05, 3.63) is 52.8 Å². The molecule has 0 unspecified atom stereocenters. The van der Waals surface area contributed by atoms with Crippen LogP contribution < -0.4 is 20.3 Å². The minimum Gasteiger partial charge on any atom is -0.454 e. The third kappa shape index (κ3) is 2.75. The number of carbonyl (C=O) groups excluding carboxylic acids is 1. The number of nitrogens with one attached hydrogen (secondary N) is 1. The minimum absolute atomic E-state index is 0.159. The van der Waals surface area contributed by atoms with Crippen molar-refractivity contribution >= 4 is 22.5 Å². The number of benzene rings is 2. The monoisotopic (exact) mass is 352 g/mol. The van der Waals surface area contributed by atoms with Crippen molar-refractivity contribution in [1.82, 2.24) is 15.0 Å². The molecule has 0 spiro atoms. The summed E-state index contributed by atoms with van der Waals surface area (Å²) >= 11 is 0. The molecule has 1 aromatic heterocycles. The van der Waals surface area contributed by atoms with Gasteiger partial charge in [0.05, 0.1) is 5.39 Å². The van der Waals surface area contributed by atoms with Crippen LogP contribution in [0.4, 0.5) is 5.69 Å². The topological polar surface area (TPSA) is 95.3 Å². The molecule has 8 heteroatoms. The average molecular weight is 352 g/mol. The maximum atomic E-state index is 12.7. The normalized spacial score (nSPS) is 13.6. The number of anilines is 1. The van der Waals surface area contributed by atoms with Crippen LogP contribution in [-0.4, -0.2) is 27.7 Å². The molecule has 0 saturated carbocycles. The predicted octanol–water partition coefficient (Wildman–Crippen LogP) is 2.11. The number of nitrogens with zero attached hydrogens (tertiary/aromatic N) is 3. The number of aromatic nitrogens is 3. The lowest BCUT2D eigenvalue weighted by molar-refractivity contribution is -0.119. The number of carbonyl (C=O) groups is 1. The molecule has 26 heavy (non-hydrogen) atoms. The summed E-state index contributed by atoms with van der Waals surface area (Å²) in [4.78, 5) is 25.4. The molecule has 0 radical (unpaired) electrons. The highest BCUT2D eigenvalue weighted by Gasteiger charge is 2.23. The summed E-state index contributed by atoms with van der Waals surface area (Å²) in [7, 11) is 0. The third-order valence-electron chi connectivity index (χ3n) is 4.22. The van der Waals surface area contributed by atoms with E-state index in [0.717, 1.165) is 4.68 Å². The summed E-state index contributed by atoms with van der Waals surface area (Å²) in [5.41, 5.74) is 0.711. The molecule has 1 amide bonds. The zero-order valence-electron chi connectivity index (χ0n) is 14.0. The first kappa shape index (κ1) is 16.1. The summed E-state index contributed by atoms with van der Waals surface area (Å²) < 4.78 is 11.7. The number of fused-ring (bicyclic) bond motifs is 2. The Morgan fingerprint density at radius 2 is 2.04 bits per heavy atom. The third-order valence-corrected chi connectivity index (χ3v) is 4.22. The quantitative estimate of drug-likeness (QED) is 0.773. The number of amides is 1. The molecule has 8 nitrogen and oxygen atoms in total. The standard InChI is InChI=1S/C18H16N4O4/c1-2-14(22-18(24)12-5-3-4-6-13(12)20-21-22)17(23)19-11-7-8-15-16(9-11)26-10-25-15/h3-9,14H,2,10H2,1H3,(H,19,23)/t14-/m1/s1. The fourth-order valence-corrected chi connectivity index (χ4v) is 2.88. The zero-order valence-corrected chi connectivity index (χ0v) is 14.0. The van der Waals surface area contributed by atoms with E-state index in [1.54, 1.807) is 42.5 Å². The molecule has 0 fully saturated rings. The molecule has 2 aromatic carbocycles. The van der Waals surface area contributed by atoms with Crippen LogP contribution in [0, 0.1) is 0 Å². The van der Waals surface area contributed by atoms with E-state index in [4.69, 9.17) is 9.47 Å². The van der Waals surface area contributed by atoms with E-state index in [1.165, 1.54) is 0 Å². The van der Waals surface area contributed by atoms with Gasteiger partial charge in [0.2, 0.25) is 12.7 Å². The van der Waals surface area contributed by atoms with Crippen LogP contribution in [0.5, 0.6) is 11.5 Å². The van der Waals surface area contributed by atoms with Gasteiger partial charge in [0.15, 0.2) is 11.5 Å². The van der Waals surface area contributed by atoms with E-state index in [9.17, 15) is 9.59 Å². The fourth-order valence-electron chi connectivity index (χ4n) is 2.88. The number of ether oxygens (including phenoxy) is 2. The molecule has 1 atom stereocenters. The molecule has 2 heterocycles. The van der Waals surface area contributed by atoms with Crippen LogP contribution in [0.1, 0.15) is 19.4 Å². The number of rotatable bonds is 4. The van der Waals surface area contributed by atoms with Crippen LogP contribution in [0.3, 0.4) is 0 Å². The molecule has 132 valence electrons. The lowest BCUT2D eigenvalue weighted by Crippen LogP contribution is -2.35. The van der Waals surface area contributed by atoms with Crippen molar-refractivity contribution in [3.63, 3.8) is 0 Å². The molecule has 1 aliphatic heterocycles. The van der Waals surface area contributed by atoms with Gasteiger partial charge in [-0.2, -0.15) is 4.68 Å². The van der Waals surface area contributed by atoms with Crippen LogP contribution in [0.2, 0.25) is 0 Å². The molecule has 1 N–H and O–H groups in total. The van der Waals surface area contributed by atoms with Gasteiger partial charge in [-0.1, -0.05) is 24.3 Å². The lowest BCUT2D eigenvalue weighted by Gasteiger charge is -2.16. The van der Waals surface area contributed by atoms with Crippen LogP contribution in [0.25, 0.3) is 10.9 Å². The molecule has 0 saturated heterocycles. The first-order valence-electron chi connectivity index (χ1n) is 8.22. The summed E-state index contributed by atoms with van der Waals surface area (Å²) in [6.45, 7) is 1.97. The second kappa shape index (κ2) is 6.47.